The Hall–Kier alpha value is -0.260. The maximum absolute atomic E-state index is 2.47. The van der Waals surface area contributed by atoms with Gasteiger partial charge in [-0.15, -0.1) is 0 Å². The zero-order valence-corrected chi connectivity index (χ0v) is 19.8. The molecule has 4 saturated carbocycles. The maximum Gasteiger partial charge on any atom is -0.0233 e. The van der Waals surface area contributed by atoms with E-state index in [1.807, 2.05) is 0 Å². The molecular weight excluding hydrogens is 348 g/mol. The minimum atomic E-state index is 0.903. The molecule has 0 N–H and O–H groups in total. The van der Waals surface area contributed by atoms with E-state index < -0.39 is 0 Å². The number of allylic oxidation sites excluding steroid dienone is 2. The third kappa shape index (κ3) is 5.71. The summed E-state index contributed by atoms with van der Waals surface area (Å²) in [5, 5.41) is 0. The number of rotatable bonds is 6. The lowest BCUT2D eigenvalue weighted by Crippen LogP contribution is -2.30. The van der Waals surface area contributed by atoms with Gasteiger partial charge in [0, 0.05) is 0 Å². The SMILES string of the molecule is CC=CC1CCC(C2CCC(C3CCC(C4CCC(CCC)C4)CC3)CC2)CC1. The van der Waals surface area contributed by atoms with Crippen molar-refractivity contribution in [3.63, 3.8) is 0 Å². The van der Waals surface area contributed by atoms with Gasteiger partial charge in [-0.3, -0.25) is 0 Å². The van der Waals surface area contributed by atoms with Gasteiger partial charge in [-0.2, -0.15) is 0 Å². The van der Waals surface area contributed by atoms with Crippen molar-refractivity contribution in [1.82, 2.24) is 0 Å². The van der Waals surface area contributed by atoms with Crippen LogP contribution in [0.2, 0.25) is 0 Å². The van der Waals surface area contributed by atoms with Crippen molar-refractivity contribution in [1.29, 1.82) is 0 Å². The highest BCUT2D eigenvalue weighted by Gasteiger charge is 2.37. The van der Waals surface area contributed by atoms with Crippen LogP contribution in [0, 0.1) is 47.3 Å². The molecule has 0 aliphatic heterocycles. The van der Waals surface area contributed by atoms with Crippen molar-refractivity contribution in [3.05, 3.63) is 12.2 Å². The number of hydrogen-bond acceptors (Lipinski definition) is 0. The zero-order valence-electron chi connectivity index (χ0n) is 19.8. The van der Waals surface area contributed by atoms with Gasteiger partial charge < -0.3 is 0 Å². The summed E-state index contributed by atoms with van der Waals surface area (Å²) >= 11 is 0. The Labute approximate surface area is 182 Å². The average Bonchev–Trinajstić information content (AvgIpc) is 3.24. The molecule has 0 spiro atoms. The Morgan fingerprint density at radius 1 is 0.552 bits per heavy atom. The molecular formula is C29H50. The van der Waals surface area contributed by atoms with Crippen LogP contribution >= 0.6 is 0 Å². The van der Waals surface area contributed by atoms with Crippen LogP contribution in [0.4, 0.5) is 0 Å². The normalized spacial score (nSPS) is 44.3. The summed E-state index contributed by atoms with van der Waals surface area (Å²) in [6.07, 6.45) is 31.0. The Bertz CT molecular complexity index is 480. The van der Waals surface area contributed by atoms with Gasteiger partial charge in [0.15, 0.2) is 0 Å². The highest BCUT2D eigenvalue weighted by Crippen LogP contribution is 2.49. The first kappa shape index (κ1) is 22.0. The summed E-state index contributed by atoms with van der Waals surface area (Å²) in [6.45, 7) is 4.57. The fraction of sp³-hybridized carbons (Fsp3) is 0.931. The van der Waals surface area contributed by atoms with Crippen LogP contribution in [0.25, 0.3) is 0 Å². The first-order valence-corrected chi connectivity index (χ1v) is 13.9. The molecule has 0 aromatic rings. The van der Waals surface area contributed by atoms with Crippen LogP contribution < -0.4 is 0 Å². The molecule has 2 atom stereocenters. The van der Waals surface area contributed by atoms with Gasteiger partial charge in [0.05, 0.1) is 0 Å². The van der Waals surface area contributed by atoms with Crippen LogP contribution in [-0.4, -0.2) is 0 Å². The summed E-state index contributed by atoms with van der Waals surface area (Å²) in [7, 11) is 0. The minimum Gasteiger partial charge on any atom is -0.0914 e. The molecule has 0 aromatic carbocycles. The molecule has 0 saturated heterocycles. The van der Waals surface area contributed by atoms with Crippen molar-refractivity contribution in [3.8, 4) is 0 Å². The minimum absolute atomic E-state index is 0.903. The van der Waals surface area contributed by atoms with E-state index in [-0.39, 0.29) is 0 Å². The molecule has 0 aromatic heterocycles. The summed E-state index contributed by atoms with van der Waals surface area (Å²) in [4.78, 5) is 0. The molecule has 0 heterocycles. The van der Waals surface area contributed by atoms with Gasteiger partial charge in [-0.05, 0) is 144 Å². The summed E-state index contributed by atoms with van der Waals surface area (Å²) in [6, 6.07) is 0. The molecule has 29 heavy (non-hydrogen) atoms. The van der Waals surface area contributed by atoms with E-state index in [1.54, 1.807) is 70.6 Å². The second-order valence-electron chi connectivity index (χ2n) is 11.8. The topological polar surface area (TPSA) is 0 Å². The summed E-state index contributed by atoms with van der Waals surface area (Å²) in [5.41, 5.74) is 0. The molecule has 0 heteroatoms. The molecule has 2 unspecified atom stereocenters. The van der Waals surface area contributed by atoms with Gasteiger partial charge in [0.25, 0.3) is 0 Å². The van der Waals surface area contributed by atoms with Gasteiger partial charge in [0.2, 0.25) is 0 Å². The van der Waals surface area contributed by atoms with E-state index in [2.05, 4.69) is 26.0 Å². The lowest BCUT2D eigenvalue weighted by atomic mass is 9.64. The zero-order chi connectivity index (χ0) is 20.1. The quantitative estimate of drug-likeness (QED) is 0.391. The van der Waals surface area contributed by atoms with E-state index in [1.165, 1.54) is 38.5 Å². The standard InChI is InChI=1S/C29H50/c1-3-5-22-7-10-24(11-8-22)25-13-15-26(16-14-25)27-17-19-28(20-18-27)29-12-9-23(21-29)6-4-2/h3,5,22-29H,4,6-21H2,1-2H3. The lowest BCUT2D eigenvalue weighted by molar-refractivity contribution is 0.0983. The van der Waals surface area contributed by atoms with Gasteiger partial charge in [-0.1, -0.05) is 38.3 Å². The third-order valence-electron chi connectivity index (χ3n) is 10.2. The van der Waals surface area contributed by atoms with Gasteiger partial charge in [-0.25, -0.2) is 0 Å². The second kappa shape index (κ2) is 10.9. The molecule has 0 radical (unpaired) electrons. The maximum atomic E-state index is 2.47. The average molecular weight is 399 g/mol. The van der Waals surface area contributed by atoms with Crippen molar-refractivity contribution in [2.45, 2.75) is 123 Å². The molecule has 0 bridgehead atoms. The fourth-order valence-corrected chi connectivity index (χ4v) is 8.47. The van der Waals surface area contributed by atoms with Crippen molar-refractivity contribution < 1.29 is 0 Å². The largest absolute Gasteiger partial charge is 0.0914 e. The molecule has 4 aliphatic rings. The molecule has 0 amide bonds. The molecule has 4 aliphatic carbocycles. The second-order valence-corrected chi connectivity index (χ2v) is 11.8. The van der Waals surface area contributed by atoms with Crippen LogP contribution in [0.1, 0.15) is 123 Å². The van der Waals surface area contributed by atoms with Crippen LogP contribution in [0.3, 0.4) is 0 Å². The predicted molar refractivity (Wildman–Crippen MR) is 127 cm³/mol. The first-order valence-electron chi connectivity index (χ1n) is 13.9. The Balaban J connectivity index is 1.15. The van der Waals surface area contributed by atoms with Gasteiger partial charge >= 0.3 is 0 Å². The van der Waals surface area contributed by atoms with E-state index in [4.69, 9.17) is 0 Å². The smallest absolute Gasteiger partial charge is 0.0233 e. The predicted octanol–water partition coefficient (Wildman–Crippen LogP) is 9.20. The fourth-order valence-electron chi connectivity index (χ4n) is 8.47. The van der Waals surface area contributed by atoms with E-state index in [0.717, 1.165) is 47.3 Å². The van der Waals surface area contributed by atoms with E-state index in [9.17, 15) is 0 Å². The summed E-state index contributed by atoms with van der Waals surface area (Å²) in [5.74, 6) is 8.58. The lowest BCUT2D eigenvalue weighted by Gasteiger charge is -2.42. The molecule has 0 nitrogen and oxygen atoms in total. The monoisotopic (exact) mass is 398 g/mol. The van der Waals surface area contributed by atoms with Crippen molar-refractivity contribution >= 4 is 0 Å². The van der Waals surface area contributed by atoms with E-state index in [0.29, 0.717) is 0 Å². The highest BCUT2D eigenvalue weighted by atomic mass is 14.4. The highest BCUT2D eigenvalue weighted by molar-refractivity contribution is 4.92. The van der Waals surface area contributed by atoms with Crippen molar-refractivity contribution in [2.24, 2.45) is 47.3 Å². The Morgan fingerprint density at radius 3 is 1.41 bits per heavy atom. The van der Waals surface area contributed by atoms with E-state index >= 15 is 0 Å². The van der Waals surface area contributed by atoms with Crippen molar-refractivity contribution in [2.75, 3.05) is 0 Å². The summed E-state index contributed by atoms with van der Waals surface area (Å²) < 4.78 is 0. The number of hydrogen-bond donors (Lipinski definition) is 0. The van der Waals surface area contributed by atoms with Crippen LogP contribution in [0.15, 0.2) is 12.2 Å². The Kier molecular flexibility index (Phi) is 8.22. The molecule has 4 fully saturated rings. The van der Waals surface area contributed by atoms with Crippen LogP contribution in [0.5, 0.6) is 0 Å². The Morgan fingerprint density at radius 2 is 0.966 bits per heavy atom. The molecule has 4 rings (SSSR count). The first-order chi connectivity index (χ1) is 14.3. The van der Waals surface area contributed by atoms with Crippen LogP contribution in [-0.2, 0) is 0 Å². The molecule has 166 valence electrons. The van der Waals surface area contributed by atoms with Gasteiger partial charge in [0.1, 0.15) is 0 Å². The third-order valence-corrected chi connectivity index (χ3v) is 10.2.